The van der Waals surface area contributed by atoms with Crippen molar-refractivity contribution in [2.24, 2.45) is 5.92 Å². The van der Waals surface area contributed by atoms with Crippen molar-refractivity contribution in [3.8, 4) is 17.2 Å². The molecule has 0 N–H and O–H groups in total. The van der Waals surface area contributed by atoms with Gasteiger partial charge in [0.1, 0.15) is 24.2 Å². The first-order chi connectivity index (χ1) is 15.5. The maximum atomic E-state index is 15.3. The maximum absolute atomic E-state index is 15.3. The van der Waals surface area contributed by atoms with Gasteiger partial charge < -0.3 is 0 Å². The molecule has 0 bridgehead atoms. The Hall–Kier alpha value is -2.80. The molecule has 166 valence electrons. The number of hydrogen-bond donors (Lipinski definition) is 0. The molecule has 0 aromatic heterocycles. The van der Waals surface area contributed by atoms with Gasteiger partial charge in [0.05, 0.1) is 5.56 Å². The van der Waals surface area contributed by atoms with Crippen LogP contribution >= 0.6 is 0 Å². The number of nitrogens with zero attached hydrogens (tertiary/aromatic N) is 1. The van der Waals surface area contributed by atoms with Gasteiger partial charge in [-0.15, -0.1) is 0 Å². The second kappa shape index (κ2) is 9.77. The van der Waals surface area contributed by atoms with Crippen LogP contribution in [-0.2, 0) is 6.42 Å². The predicted molar refractivity (Wildman–Crippen MR) is 123 cm³/mol. The summed E-state index contributed by atoms with van der Waals surface area (Å²) in [5, 5.41) is 10.7. The molecule has 0 heterocycles. The molecule has 3 aromatic rings. The number of unbranched alkanes of at least 4 members (excludes halogenated alkanes) is 4. The average molecular weight is 436 g/mol. The first kappa shape index (κ1) is 22.4. The number of benzene rings is 3. The van der Waals surface area contributed by atoms with Crippen LogP contribution in [0.3, 0.4) is 0 Å². The molecule has 32 heavy (non-hydrogen) atoms. The van der Waals surface area contributed by atoms with Crippen molar-refractivity contribution < 1.29 is 13.2 Å². The van der Waals surface area contributed by atoms with E-state index in [2.05, 4.69) is 6.92 Å². The highest BCUT2D eigenvalue weighted by Gasteiger charge is 2.37. The number of hydrogen-bond acceptors (Lipinski definition) is 1. The molecule has 0 aliphatic heterocycles. The van der Waals surface area contributed by atoms with Crippen molar-refractivity contribution in [1.29, 1.82) is 5.26 Å². The molecular weight excluding hydrogens is 407 g/mol. The van der Waals surface area contributed by atoms with Crippen LogP contribution in [-0.4, -0.2) is 6.17 Å². The fraction of sp³-hybridized carbons (Fsp3) is 0.393. The first-order valence-electron chi connectivity index (χ1n) is 11.6. The van der Waals surface area contributed by atoms with Crippen LogP contribution in [0.15, 0.2) is 48.5 Å². The molecule has 3 atom stereocenters. The number of halogens is 3. The minimum Gasteiger partial charge on any atom is -0.247 e. The SMILES string of the molecule is CCCCCCC[C@H]1C(F)c2ccc3cc(-c4ccc(C#N)c(F)c4)ccc3c2C[C@@H]1F. The molecule has 4 heteroatoms. The molecule has 0 fully saturated rings. The van der Waals surface area contributed by atoms with Crippen LogP contribution in [0.5, 0.6) is 0 Å². The van der Waals surface area contributed by atoms with Gasteiger partial charge in [-0.1, -0.05) is 69.4 Å². The number of nitriles is 1. The van der Waals surface area contributed by atoms with Crippen molar-refractivity contribution in [3.05, 3.63) is 71.0 Å². The van der Waals surface area contributed by atoms with Gasteiger partial charge in [-0.3, -0.25) is 0 Å². The molecule has 1 aliphatic carbocycles. The number of fused-ring (bicyclic) bond motifs is 3. The van der Waals surface area contributed by atoms with E-state index in [0.717, 1.165) is 47.6 Å². The van der Waals surface area contributed by atoms with Gasteiger partial charge >= 0.3 is 0 Å². The normalized spacial score (nSPS) is 20.2. The van der Waals surface area contributed by atoms with Crippen molar-refractivity contribution in [3.63, 3.8) is 0 Å². The summed E-state index contributed by atoms with van der Waals surface area (Å²) in [7, 11) is 0. The van der Waals surface area contributed by atoms with E-state index in [1.54, 1.807) is 12.1 Å². The monoisotopic (exact) mass is 435 g/mol. The lowest BCUT2D eigenvalue weighted by molar-refractivity contribution is 0.101. The molecule has 0 amide bonds. The van der Waals surface area contributed by atoms with Crippen LogP contribution in [0.1, 0.15) is 68.3 Å². The van der Waals surface area contributed by atoms with Crippen LogP contribution in [0, 0.1) is 23.1 Å². The fourth-order valence-corrected chi connectivity index (χ4v) is 4.93. The average Bonchev–Trinajstić information content (AvgIpc) is 2.80. The summed E-state index contributed by atoms with van der Waals surface area (Å²) < 4.78 is 44.4. The quantitative estimate of drug-likeness (QED) is 0.342. The van der Waals surface area contributed by atoms with E-state index in [9.17, 15) is 4.39 Å². The van der Waals surface area contributed by atoms with E-state index in [1.807, 2.05) is 30.3 Å². The van der Waals surface area contributed by atoms with Crippen molar-refractivity contribution >= 4 is 10.8 Å². The van der Waals surface area contributed by atoms with Crippen molar-refractivity contribution in [1.82, 2.24) is 0 Å². The largest absolute Gasteiger partial charge is 0.247 e. The maximum Gasteiger partial charge on any atom is 0.141 e. The Morgan fingerprint density at radius 3 is 2.44 bits per heavy atom. The minimum atomic E-state index is -1.28. The van der Waals surface area contributed by atoms with Gasteiger partial charge in [0.25, 0.3) is 0 Å². The second-order valence-electron chi connectivity index (χ2n) is 8.86. The Morgan fingerprint density at radius 1 is 0.938 bits per heavy atom. The zero-order valence-corrected chi connectivity index (χ0v) is 18.4. The molecule has 0 saturated carbocycles. The Morgan fingerprint density at radius 2 is 1.69 bits per heavy atom. The lowest BCUT2D eigenvalue weighted by atomic mass is 9.77. The third-order valence-corrected chi connectivity index (χ3v) is 6.77. The van der Waals surface area contributed by atoms with Gasteiger partial charge in [0.2, 0.25) is 0 Å². The zero-order valence-electron chi connectivity index (χ0n) is 18.4. The fourth-order valence-electron chi connectivity index (χ4n) is 4.93. The van der Waals surface area contributed by atoms with Gasteiger partial charge in [-0.25, -0.2) is 13.2 Å². The third-order valence-electron chi connectivity index (χ3n) is 6.77. The summed E-state index contributed by atoms with van der Waals surface area (Å²) in [6.07, 6.45) is 3.73. The summed E-state index contributed by atoms with van der Waals surface area (Å²) in [6.45, 7) is 2.16. The summed E-state index contributed by atoms with van der Waals surface area (Å²) in [5.74, 6) is -1.13. The van der Waals surface area contributed by atoms with Crippen molar-refractivity contribution in [2.75, 3.05) is 0 Å². The molecule has 0 saturated heterocycles. The topological polar surface area (TPSA) is 23.8 Å². The molecule has 4 rings (SSSR count). The van der Waals surface area contributed by atoms with Gasteiger partial charge in [-0.2, -0.15) is 5.26 Å². The lowest BCUT2D eigenvalue weighted by Gasteiger charge is -2.32. The molecule has 1 aliphatic rings. The molecule has 0 spiro atoms. The second-order valence-corrected chi connectivity index (χ2v) is 8.86. The van der Waals surface area contributed by atoms with E-state index in [0.29, 0.717) is 17.5 Å². The summed E-state index contributed by atoms with van der Waals surface area (Å²) in [5.41, 5.74) is 2.84. The first-order valence-corrected chi connectivity index (χ1v) is 11.6. The summed E-state index contributed by atoms with van der Waals surface area (Å²) >= 11 is 0. The van der Waals surface area contributed by atoms with Crippen molar-refractivity contribution in [2.45, 2.75) is 64.2 Å². The Balaban J connectivity index is 1.59. The Kier molecular flexibility index (Phi) is 6.84. The van der Waals surface area contributed by atoms with E-state index >= 15 is 8.78 Å². The zero-order chi connectivity index (χ0) is 22.7. The Labute approximate surface area is 187 Å². The van der Waals surface area contributed by atoms with Crippen LogP contribution in [0.4, 0.5) is 13.2 Å². The highest BCUT2D eigenvalue weighted by molar-refractivity contribution is 5.91. The molecule has 1 nitrogen and oxygen atoms in total. The van der Waals surface area contributed by atoms with Crippen LogP contribution < -0.4 is 0 Å². The third kappa shape index (κ3) is 4.39. The summed E-state index contributed by atoms with van der Waals surface area (Å²) in [6, 6.07) is 15.7. The van der Waals surface area contributed by atoms with E-state index in [-0.39, 0.29) is 12.0 Å². The van der Waals surface area contributed by atoms with Gasteiger partial charge in [0, 0.05) is 12.3 Å². The molecular formula is C28H28F3N. The molecule has 3 aromatic carbocycles. The minimum absolute atomic E-state index is 0.00602. The van der Waals surface area contributed by atoms with Gasteiger partial charge in [0.15, 0.2) is 0 Å². The predicted octanol–water partition coefficient (Wildman–Crippen LogP) is 8.40. The standard InChI is InChI=1S/C28H28F3N/c1-2-3-4-5-6-7-24-27(30)16-25-22-12-10-18(14-20(22)11-13-23(25)28(24)31)19-8-9-21(17-32)26(29)15-19/h8-15,24,27-28H,2-7,16H2,1H3/t24-,27+,28?/m1/s1. The Bertz CT molecular complexity index is 1150. The summed E-state index contributed by atoms with van der Waals surface area (Å²) in [4.78, 5) is 0. The molecule has 0 radical (unpaired) electrons. The van der Waals surface area contributed by atoms with E-state index in [1.165, 1.54) is 18.6 Å². The smallest absolute Gasteiger partial charge is 0.141 e. The van der Waals surface area contributed by atoms with E-state index < -0.39 is 24.1 Å². The molecule has 1 unspecified atom stereocenters. The van der Waals surface area contributed by atoms with E-state index in [4.69, 9.17) is 5.26 Å². The van der Waals surface area contributed by atoms with Crippen LogP contribution in [0.2, 0.25) is 0 Å². The number of alkyl halides is 2. The highest BCUT2D eigenvalue weighted by atomic mass is 19.1. The van der Waals surface area contributed by atoms with Crippen LogP contribution in [0.25, 0.3) is 21.9 Å². The number of rotatable bonds is 7. The highest BCUT2D eigenvalue weighted by Crippen LogP contribution is 2.44. The lowest BCUT2D eigenvalue weighted by Crippen LogP contribution is -2.29. The van der Waals surface area contributed by atoms with Gasteiger partial charge in [-0.05, 0) is 57.6 Å².